The van der Waals surface area contributed by atoms with E-state index in [-0.39, 0.29) is 30.6 Å². The van der Waals surface area contributed by atoms with Gasteiger partial charge in [-0.3, -0.25) is 0 Å². The van der Waals surface area contributed by atoms with Gasteiger partial charge in [-0.05, 0) is 22.2 Å². The van der Waals surface area contributed by atoms with Crippen molar-refractivity contribution in [2.24, 2.45) is 20.2 Å². The molecule has 0 aromatic heterocycles. The van der Waals surface area contributed by atoms with Crippen LogP contribution in [0, 0.1) is 5.82 Å². The molecule has 0 radical (unpaired) electrons. The number of rotatable bonds is 4. The number of benzene rings is 3. The molecule has 2 aliphatic rings. The Morgan fingerprint density at radius 1 is 0.758 bits per heavy atom. The molecule has 3 aromatic rings. The van der Waals surface area contributed by atoms with E-state index < -0.39 is 0 Å². The number of hydrogen-bond donors (Lipinski definition) is 4. The maximum atomic E-state index is 15.0. The molecule has 172 valence electrons. The van der Waals surface area contributed by atoms with Gasteiger partial charge in [-0.1, -0.05) is 36.4 Å². The number of fused-ring (bicyclic) bond motifs is 2. The summed E-state index contributed by atoms with van der Waals surface area (Å²) in [5.41, 5.74) is 7.32. The van der Waals surface area contributed by atoms with Crippen molar-refractivity contribution in [3.8, 4) is 0 Å². The van der Waals surface area contributed by atoms with Gasteiger partial charge in [-0.25, -0.2) is 25.2 Å². The molecule has 11 heteroatoms. The lowest BCUT2D eigenvalue weighted by molar-refractivity contribution is 0.640. The summed E-state index contributed by atoms with van der Waals surface area (Å²) in [6.07, 6.45) is 3.36. The molecule has 0 saturated heterocycles. The zero-order valence-electron chi connectivity index (χ0n) is 17.5. The molecule has 5 rings (SSSR count). The van der Waals surface area contributed by atoms with Gasteiger partial charge in [0.2, 0.25) is 11.9 Å². The lowest BCUT2D eigenvalue weighted by Crippen LogP contribution is -2.30. The largest absolute Gasteiger partial charge is 0.353 e. The molecule has 0 aliphatic carbocycles. The van der Waals surface area contributed by atoms with Crippen LogP contribution < -0.4 is 21.5 Å². The van der Waals surface area contributed by atoms with E-state index in [1.54, 1.807) is 18.5 Å². The fourth-order valence-corrected chi connectivity index (χ4v) is 3.79. The number of nitrogens with one attached hydrogen (secondary N) is 4. The number of nitrogens with zero attached hydrogens (tertiary/aromatic N) is 4. The van der Waals surface area contributed by atoms with Crippen molar-refractivity contribution in [1.82, 2.24) is 21.5 Å². The summed E-state index contributed by atoms with van der Waals surface area (Å²) in [4.78, 5) is 8.52. The van der Waals surface area contributed by atoms with Crippen LogP contribution in [0.25, 0.3) is 21.5 Å². The van der Waals surface area contributed by atoms with Crippen LogP contribution in [0.5, 0.6) is 0 Å². The van der Waals surface area contributed by atoms with E-state index >= 15 is 4.39 Å². The third-order valence-corrected chi connectivity index (χ3v) is 5.16. The van der Waals surface area contributed by atoms with Gasteiger partial charge in [0.25, 0.3) is 0 Å². The number of halogens is 3. The second-order valence-electron chi connectivity index (χ2n) is 7.09. The van der Waals surface area contributed by atoms with E-state index in [0.29, 0.717) is 29.4 Å². The first-order valence-electron chi connectivity index (χ1n) is 10.1. The average Bonchev–Trinajstić information content (AvgIpc) is 3.49. The highest BCUT2D eigenvalue weighted by molar-refractivity contribution is 6.21. The summed E-state index contributed by atoms with van der Waals surface area (Å²) in [5, 5.41) is 17.9. The zero-order valence-corrected chi connectivity index (χ0v) is 19.1. The Morgan fingerprint density at radius 2 is 1.30 bits per heavy atom. The number of hydrogen-bond acceptors (Lipinski definition) is 8. The molecule has 8 nitrogen and oxygen atoms in total. The summed E-state index contributed by atoms with van der Waals surface area (Å²) in [7, 11) is 0. The number of guanidine groups is 2. The van der Waals surface area contributed by atoms with Gasteiger partial charge in [0.15, 0.2) is 0 Å². The van der Waals surface area contributed by atoms with Crippen LogP contribution in [-0.2, 0) is 0 Å². The standard InChI is InChI=1S/C22H21FN8.2ClH/c23-19-7-3-6-16-17(12-28-30-21-24-8-9-25-21)14-4-1-2-5-15(14)18(20(16)19)13-29-31-22-26-10-11-27-22;;/h1-7,12-13H,8-11H2,(H2,24,25,30)(H2,26,27,31);2*1H/b28-12+,29-13+;;. The molecule has 0 spiro atoms. The van der Waals surface area contributed by atoms with Crippen LogP contribution in [0.4, 0.5) is 4.39 Å². The summed E-state index contributed by atoms with van der Waals surface area (Å²) < 4.78 is 15.0. The van der Waals surface area contributed by atoms with Gasteiger partial charge in [0, 0.05) is 29.6 Å². The molecule has 0 atom stereocenters. The first-order valence-corrected chi connectivity index (χ1v) is 10.1. The fraction of sp³-hybridized carbons (Fsp3) is 0.182. The molecule has 0 bridgehead atoms. The van der Waals surface area contributed by atoms with Crippen molar-refractivity contribution in [3.05, 3.63) is 59.4 Å². The van der Waals surface area contributed by atoms with Crippen LogP contribution in [0.2, 0.25) is 0 Å². The van der Waals surface area contributed by atoms with Gasteiger partial charge in [0.05, 0.1) is 25.5 Å². The molecule has 0 unspecified atom stereocenters. The van der Waals surface area contributed by atoms with Gasteiger partial charge in [-0.15, -0.1) is 24.8 Å². The Labute approximate surface area is 202 Å². The molecule has 4 N–H and O–H groups in total. The van der Waals surface area contributed by atoms with Crippen LogP contribution in [-0.4, -0.2) is 50.5 Å². The van der Waals surface area contributed by atoms with Gasteiger partial charge in [-0.2, -0.15) is 10.2 Å². The predicted octanol–water partition coefficient (Wildman–Crippen LogP) is 2.74. The number of hydrazone groups is 2. The summed E-state index contributed by atoms with van der Waals surface area (Å²) in [6, 6.07) is 12.9. The van der Waals surface area contributed by atoms with E-state index in [9.17, 15) is 0 Å². The molecule has 0 saturated carbocycles. The minimum Gasteiger partial charge on any atom is -0.353 e. The van der Waals surface area contributed by atoms with Crippen molar-refractivity contribution in [1.29, 1.82) is 0 Å². The summed E-state index contributed by atoms with van der Waals surface area (Å²) >= 11 is 0. The first-order chi connectivity index (χ1) is 15.3. The minimum absolute atomic E-state index is 0. The van der Waals surface area contributed by atoms with E-state index in [4.69, 9.17) is 0 Å². The topological polar surface area (TPSA) is 97.6 Å². The average molecular weight is 489 g/mol. The lowest BCUT2D eigenvalue weighted by atomic mass is 9.92. The normalized spacial score (nSPS) is 15.1. The monoisotopic (exact) mass is 488 g/mol. The van der Waals surface area contributed by atoms with Crippen LogP contribution in [0.15, 0.2) is 62.7 Å². The summed E-state index contributed by atoms with van der Waals surface area (Å²) in [5.74, 6) is 0.934. The second kappa shape index (κ2) is 10.9. The Balaban J connectivity index is 0.00000153. The predicted molar refractivity (Wildman–Crippen MR) is 138 cm³/mol. The van der Waals surface area contributed by atoms with E-state index in [0.717, 1.165) is 41.4 Å². The van der Waals surface area contributed by atoms with Crippen LogP contribution >= 0.6 is 24.8 Å². The Morgan fingerprint density at radius 3 is 1.88 bits per heavy atom. The Hall–Kier alpha value is -3.43. The fourth-order valence-electron chi connectivity index (χ4n) is 3.79. The quantitative estimate of drug-likeness (QED) is 0.258. The van der Waals surface area contributed by atoms with Crippen molar-refractivity contribution in [2.45, 2.75) is 0 Å². The highest BCUT2D eigenvalue weighted by Crippen LogP contribution is 2.32. The Bertz CT molecular complexity index is 1270. The van der Waals surface area contributed by atoms with Gasteiger partial charge >= 0.3 is 0 Å². The van der Waals surface area contributed by atoms with Gasteiger partial charge in [0.1, 0.15) is 5.82 Å². The lowest BCUT2D eigenvalue weighted by Gasteiger charge is -2.13. The second-order valence-corrected chi connectivity index (χ2v) is 7.09. The number of aliphatic imine (C=N–C) groups is 2. The van der Waals surface area contributed by atoms with Crippen LogP contribution in [0.1, 0.15) is 11.1 Å². The molecular weight excluding hydrogens is 466 g/mol. The highest BCUT2D eigenvalue weighted by Gasteiger charge is 2.15. The molecule has 2 heterocycles. The third kappa shape index (κ3) is 4.99. The van der Waals surface area contributed by atoms with Crippen molar-refractivity contribution < 1.29 is 4.39 Å². The first kappa shape index (κ1) is 24.2. The molecule has 0 amide bonds. The van der Waals surface area contributed by atoms with E-state index in [1.165, 1.54) is 6.07 Å². The van der Waals surface area contributed by atoms with E-state index in [2.05, 4.69) is 41.7 Å². The van der Waals surface area contributed by atoms with Crippen molar-refractivity contribution in [2.75, 3.05) is 26.2 Å². The molecular formula is C22H23Cl2FN8. The maximum Gasteiger partial charge on any atom is 0.212 e. The third-order valence-electron chi connectivity index (χ3n) is 5.16. The molecule has 3 aromatic carbocycles. The van der Waals surface area contributed by atoms with E-state index in [1.807, 2.05) is 30.3 Å². The van der Waals surface area contributed by atoms with Gasteiger partial charge < -0.3 is 10.6 Å². The smallest absolute Gasteiger partial charge is 0.212 e. The summed E-state index contributed by atoms with van der Waals surface area (Å²) in [6.45, 7) is 3.00. The zero-order chi connectivity index (χ0) is 21.0. The van der Waals surface area contributed by atoms with Crippen LogP contribution in [0.3, 0.4) is 0 Å². The molecule has 0 fully saturated rings. The minimum atomic E-state index is -0.314. The van der Waals surface area contributed by atoms with Crippen molar-refractivity contribution >= 4 is 70.7 Å². The maximum absolute atomic E-state index is 15.0. The Kier molecular flexibility index (Phi) is 8.02. The molecule has 33 heavy (non-hydrogen) atoms. The SMILES string of the molecule is Cl.Cl.Fc1cccc2c(/C=N/NC3=NCCN3)c3ccccc3c(/C=N/NC3=NCCN3)c12. The molecule has 2 aliphatic heterocycles. The highest BCUT2D eigenvalue weighted by atomic mass is 35.5. The van der Waals surface area contributed by atoms with Crippen molar-refractivity contribution in [3.63, 3.8) is 0 Å².